The van der Waals surface area contributed by atoms with Crippen LogP contribution in [0.4, 0.5) is 0 Å². The van der Waals surface area contributed by atoms with Crippen molar-refractivity contribution in [1.29, 1.82) is 0 Å². The summed E-state index contributed by atoms with van der Waals surface area (Å²) in [6.07, 6.45) is 3.18. The van der Waals surface area contributed by atoms with Gasteiger partial charge < -0.3 is 5.32 Å². The highest BCUT2D eigenvalue weighted by Gasteiger charge is 2.43. The summed E-state index contributed by atoms with van der Waals surface area (Å²) in [5.74, 6) is 0. The van der Waals surface area contributed by atoms with Crippen LogP contribution in [-0.4, -0.2) is 38.9 Å². The normalized spacial score (nSPS) is 23.2. The van der Waals surface area contributed by atoms with Gasteiger partial charge in [0, 0.05) is 13.1 Å². The zero-order valence-corrected chi connectivity index (χ0v) is 12.7. The molecule has 0 aromatic heterocycles. The average molecular weight is 294 g/mol. The Morgan fingerprint density at radius 3 is 2.40 bits per heavy atom. The molecule has 2 aliphatic heterocycles. The summed E-state index contributed by atoms with van der Waals surface area (Å²) in [5.41, 5.74) is 1.29. The fraction of sp³-hybridized carbons (Fsp3) is 0.600. The summed E-state index contributed by atoms with van der Waals surface area (Å²) in [4.78, 5) is 0.425. The van der Waals surface area contributed by atoms with E-state index in [1.165, 1.54) is 0 Å². The molecule has 0 amide bonds. The minimum Gasteiger partial charge on any atom is -0.317 e. The van der Waals surface area contributed by atoms with Crippen LogP contribution in [0.3, 0.4) is 0 Å². The van der Waals surface area contributed by atoms with Crippen molar-refractivity contribution in [2.24, 2.45) is 5.41 Å². The molecule has 110 valence electrons. The van der Waals surface area contributed by atoms with Gasteiger partial charge in [-0.05, 0) is 56.8 Å². The first-order valence-corrected chi connectivity index (χ1v) is 8.74. The van der Waals surface area contributed by atoms with E-state index in [1.54, 1.807) is 16.4 Å². The quantitative estimate of drug-likeness (QED) is 0.904. The largest absolute Gasteiger partial charge is 0.317 e. The van der Waals surface area contributed by atoms with Gasteiger partial charge in [0.25, 0.3) is 0 Å². The maximum atomic E-state index is 12.7. The first-order valence-electron chi connectivity index (χ1n) is 7.30. The van der Waals surface area contributed by atoms with Crippen LogP contribution >= 0.6 is 0 Å². The Bertz CT molecular complexity index is 574. The lowest BCUT2D eigenvalue weighted by Gasteiger charge is -2.33. The number of nitrogens with one attached hydrogen (secondary N) is 1. The fourth-order valence-corrected chi connectivity index (χ4v) is 4.88. The van der Waals surface area contributed by atoms with Crippen molar-refractivity contribution in [3.05, 3.63) is 29.8 Å². The highest BCUT2D eigenvalue weighted by Crippen LogP contribution is 2.40. The topological polar surface area (TPSA) is 49.4 Å². The van der Waals surface area contributed by atoms with Crippen LogP contribution in [0.5, 0.6) is 0 Å². The van der Waals surface area contributed by atoms with Crippen molar-refractivity contribution in [2.75, 3.05) is 26.2 Å². The van der Waals surface area contributed by atoms with Crippen molar-refractivity contribution in [3.8, 4) is 0 Å². The lowest BCUT2D eigenvalue weighted by atomic mass is 9.78. The average Bonchev–Trinajstić information content (AvgIpc) is 2.85. The second-order valence-electron chi connectivity index (χ2n) is 6.15. The van der Waals surface area contributed by atoms with E-state index >= 15 is 0 Å². The predicted octanol–water partition coefficient (Wildman–Crippen LogP) is 1.76. The van der Waals surface area contributed by atoms with Crippen molar-refractivity contribution in [1.82, 2.24) is 9.62 Å². The molecule has 3 rings (SSSR count). The zero-order valence-electron chi connectivity index (χ0n) is 11.9. The molecule has 0 radical (unpaired) electrons. The van der Waals surface area contributed by atoms with Gasteiger partial charge in [0.2, 0.25) is 10.0 Å². The molecule has 20 heavy (non-hydrogen) atoms. The second kappa shape index (κ2) is 5.13. The molecule has 4 nitrogen and oxygen atoms in total. The van der Waals surface area contributed by atoms with Gasteiger partial charge in [0.05, 0.1) is 4.90 Å². The third-order valence-corrected chi connectivity index (χ3v) is 6.59. The summed E-state index contributed by atoms with van der Waals surface area (Å²) in [6, 6.07) is 7.17. The van der Waals surface area contributed by atoms with Gasteiger partial charge in [-0.2, -0.15) is 4.31 Å². The van der Waals surface area contributed by atoms with Crippen LogP contribution in [-0.2, 0) is 10.0 Å². The second-order valence-corrected chi connectivity index (χ2v) is 8.09. The third kappa shape index (κ3) is 2.50. The molecule has 0 unspecified atom stereocenters. The molecule has 0 aliphatic carbocycles. The van der Waals surface area contributed by atoms with E-state index in [-0.39, 0.29) is 5.41 Å². The SMILES string of the molecule is Cc1ccc(S(=O)(=O)N2CCC3(CCNCC3)C2)cc1. The molecule has 2 saturated heterocycles. The molecule has 5 heteroatoms. The maximum absolute atomic E-state index is 12.7. The van der Waals surface area contributed by atoms with Crippen molar-refractivity contribution < 1.29 is 8.42 Å². The summed E-state index contributed by atoms with van der Waals surface area (Å²) in [5, 5.41) is 3.36. The van der Waals surface area contributed by atoms with E-state index in [9.17, 15) is 8.42 Å². The Kier molecular flexibility index (Phi) is 3.60. The van der Waals surface area contributed by atoms with Crippen LogP contribution in [0.25, 0.3) is 0 Å². The van der Waals surface area contributed by atoms with Gasteiger partial charge in [0.15, 0.2) is 0 Å². The zero-order chi connectivity index (χ0) is 14.2. The summed E-state index contributed by atoms with van der Waals surface area (Å²) < 4.78 is 27.0. The highest BCUT2D eigenvalue weighted by molar-refractivity contribution is 7.89. The molecule has 1 spiro atoms. The minimum absolute atomic E-state index is 0.211. The van der Waals surface area contributed by atoms with Crippen molar-refractivity contribution in [2.45, 2.75) is 31.1 Å². The van der Waals surface area contributed by atoms with Crippen LogP contribution in [0, 0.1) is 12.3 Å². The molecule has 2 aliphatic rings. The molecular weight excluding hydrogens is 272 g/mol. The van der Waals surface area contributed by atoms with Crippen LogP contribution in [0.2, 0.25) is 0 Å². The van der Waals surface area contributed by atoms with Gasteiger partial charge >= 0.3 is 0 Å². The van der Waals surface area contributed by atoms with E-state index < -0.39 is 10.0 Å². The number of aryl methyl sites for hydroxylation is 1. The van der Waals surface area contributed by atoms with E-state index in [4.69, 9.17) is 0 Å². The molecule has 0 saturated carbocycles. The number of hydrogen-bond acceptors (Lipinski definition) is 3. The predicted molar refractivity (Wildman–Crippen MR) is 79.1 cm³/mol. The van der Waals surface area contributed by atoms with E-state index in [0.717, 1.165) is 37.9 Å². The van der Waals surface area contributed by atoms with Crippen LogP contribution in [0.15, 0.2) is 29.2 Å². The highest BCUT2D eigenvalue weighted by atomic mass is 32.2. The number of piperidine rings is 1. The summed E-state index contributed by atoms with van der Waals surface area (Å²) in [6.45, 7) is 5.34. The Morgan fingerprint density at radius 1 is 1.10 bits per heavy atom. The summed E-state index contributed by atoms with van der Waals surface area (Å²) >= 11 is 0. The Hall–Kier alpha value is -0.910. The molecule has 1 N–H and O–H groups in total. The first-order chi connectivity index (χ1) is 9.52. The Balaban J connectivity index is 1.81. The van der Waals surface area contributed by atoms with Crippen molar-refractivity contribution >= 4 is 10.0 Å². The summed E-state index contributed by atoms with van der Waals surface area (Å²) in [7, 11) is -3.32. The first kappa shape index (κ1) is 14.0. The number of nitrogens with zero attached hydrogens (tertiary/aromatic N) is 1. The number of benzene rings is 1. The Labute approximate surface area is 121 Å². The molecule has 2 heterocycles. The van der Waals surface area contributed by atoms with Gasteiger partial charge in [0.1, 0.15) is 0 Å². The molecule has 1 aromatic rings. The van der Waals surface area contributed by atoms with Crippen molar-refractivity contribution in [3.63, 3.8) is 0 Å². The molecule has 1 aromatic carbocycles. The van der Waals surface area contributed by atoms with Gasteiger partial charge in [-0.1, -0.05) is 17.7 Å². The fourth-order valence-electron chi connectivity index (χ4n) is 3.32. The van der Waals surface area contributed by atoms with Crippen LogP contribution in [0.1, 0.15) is 24.8 Å². The number of hydrogen-bond donors (Lipinski definition) is 1. The lowest BCUT2D eigenvalue weighted by Crippen LogP contribution is -2.39. The van der Waals surface area contributed by atoms with Gasteiger partial charge in [-0.25, -0.2) is 8.42 Å². The lowest BCUT2D eigenvalue weighted by molar-refractivity contribution is 0.218. The molecule has 0 bridgehead atoms. The monoisotopic (exact) mass is 294 g/mol. The molecular formula is C15H22N2O2S. The smallest absolute Gasteiger partial charge is 0.243 e. The maximum Gasteiger partial charge on any atom is 0.243 e. The minimum atomic E-state index is -3.32. The van der Waals surface area contributed by atoms with Gasteiger partial charge in [-0.15, -0.1) is 0 Å². The Morgan fingerprint density at radius 2 is 1.75 bits per heavy atom. The third-order valence-electron chi connectivity index (χ3n) is 4.73. The van der Waals surface area contributed by atoms with Gasteiger partial charge in [-0.3, -0.25) is 0 Å². The number of sulfonamides is 1. The van der Waals surface area contributed by atoms with Crippen LogP contribution < -0.4 is 5.32 Å². The van der Waals surface area contributed by atoms with E-state index in [1.807, 2.05) is 19.1 Å². The standard InChI is InChI=1S/C15H22N2O2S/c1-13-2-4-14(5-3-13)20(18,19)17-11-8-15(12-17)6-9-16-10-7-15/h2-5,16H,6-12H2,1H3. The van der Waals surface area contributed by atoms with E-state index in [2.05, 4.69) is 5.32 Å². The molecule has 2 fully saturated rings. The van der Waals surface area contributed by atoms with E-state index in [0.29, 0.717) is 18.0 Å². The number of rotatable bonds is 2. The molecule has 0 atom stereocenters.